The maximum Gasteiger partial charge on any atom is 0.216 e. The van der Waals surface area contributed by atoms with Crippen LogP contribution in [0.4, 0.5) is 0 Å². The van der Waals surface area contributed by atoms with Gasteiger partial charge in [-0.05, 0) is 36.5 Å². The summed E-state index contributed by atoms with van der Waals surface area (Å²) in [6, 6.07) is 11.0. The lowest BCUT2D eigenvalue weighted by atomic mass is 10.2. The normalized spacial score (nSPS) is 10.9. The molecule has 0 aliphatic rings. The lowest BCUT2D eigenvalue weighted by molar-refractivity contribution is 0.394. The number of aromatic nitrogens is 4. The molecule has 0 bridgehead atoms. The van der Waals surface area contributed by atoms with Gasteiger partial charge in [0.1, 0.15) is 17.2 Å². The zero-order valence-corrected chi connectivity index (χ0v) is 13.9. The molecule has 0 aliphatic carbocycles. The van der Waals surface area contributed by atoms with Gasteiger partial charge >= 0.3 is 0 Å². The topological polar surface area (TPSA) is 77.3 Å². The molecule has 2 aromatic heterocycles. The van der Waals surface area contributed by atoms with Gasteiger partial charge in [-0.25, -0.2) is 5.10 Å². The van der Waals surface area contributed by atoms with Crippen LogP contribution in [0.2, 0.25) is 0 Å². The van der Waals surface area contributed by atoms with Crippen molar-refractivity contribution in [1.82, 2.24) is 19.9 Å². The number of rotatable bonds is 5. The molecule has 0 saturated heterocycles. The molecule has 0 amide bonds. The first-order valence-corrected chi connectivity index (χ1v) is 7.49. The number of H-pyrrole nitrogens is 1. The van der Waals surface area contributed by atoms with Crippen LogP contribution in [0, 0.1) is 4.77 Å². The smallest absolute Gasteiger partial charge is 0.216 e. The van der Waals surface area contributed by atoms with Crippen LogP contribution in [0.1, 0.15) is 5.56 Å². The first-order chi connectivity index (χ1) is 11.7. The highest BCUT2D eigenvalue weighted by molar-refractivity contribution is 7.71. The van der Waals surface area contributed by atoms with Crippen molar-refractivity contribution in [3.8, 4) is 23.0 Å². The average molecular weight is 341 g/mol. The van der Waals surface area contributed by atoms with Gasteiger partial charge in [-0.15, -0.1) is 0 Å². The predicted octanol–water partition coefficient (Wildman–Crippen LogP) is 2.90. The quantitative estimate of drug-likeness (QED) is 0.570. The van der Waals surface area contributed by atoms with E-state index in [0.717, 1.165) is 5.56 Å². The molecule has 0 spiro atoms. The maximum atomic E-state index is 5.36. The van der Waals surface area contributed by atoms with Gasteiger partial charge in [-0.3, -0.25) is 4.98 Å². The van der Waals surface area contributed by atoms with Crippen LogP contribution in [0.5, 0.6) is 11.5 Å². The minimum Gasteiger partial charge on any atom is -0.497 e. The van der Waals surface area contributed by atoms with Gasteiger partial charge in [-0.2, -0.15) is 14.9 Å². The Labute approximate surface area is 143 Å². The molecule has 0 unspecified atom stereocenters. The van der Waals surface area contributed by atoms with Crippen LogP contribution in [0.15, 0.2) is 47.7 Å². The molecule has 1 aromatic carbocycles. The second-order valence-corrected chi connectivity index (χ2v) is 5.12. The Morgan fingerprint density at radius 2 is 2.08 bits per heavy atom. The summed E-state index contributed by atoms with van der Waals surface area (Å²) in [5.41, 5.74) is 1.46. The lowest BCUT2D eigenvalue weighted by Crippen LogP contribution is -1.98. The van der Waals surface area contributed by atoms with Crippen LogP contribution >= 0.6 is 12.2 Å². The Morgan fingerprint density at radius 3 is 2.79 bits per heavy atom. The molecule has 0 fully saturated rings. The Bertz CT molecular complexity index is 918. The van der Waals surface area contributed by atoms with Gasteiger partial charge in [0, 0.05) is 17.8 Å². The fourth-order valence-corrected chi connectivity index (χ4v) is 2.28. The summed E-state index contributed by atoms with van der Waals surface area (Å²) in [4.78, 5) is 4.27. The molecule has 24 heavy (non-hydrogen) atoms. The maximum absolute atomic E-state index is 5.36. The fraction of sp³-hybridized carbons (Fsp3) is 0.125. The van der Waals surface area contributed by atoms with E-state index in [9.17, 15) is 0 Å². The number of pyridine rings is 1. The van der Waals surface area contributed by atoms with Crippen molar-refractivity contribution in [2.45, 2.75) is 0 Å². The van der Waals surface area contributed by atoms with Crippen molar-refractivity contribution >= 4 is 18.4 Å². The van der Waals surface area contributed by atoms with E-state index < -0.39 is 0 Å². The summed E-state index contributed by atoms with van der Waals surface area (Å²) in [6.45, 7) is 0. The molecule has 122 valence electrons. The summed E-state index contributed by atoms with van der Waals surface area (Å²) >= 11 is 5.24. The molecule has 2 heterocycles. The second-order valence-electron chi connectivity index (χ2n) is 4.73. The Hall–Kier alpha value is -3.00. The lowest BCUT2D eigenvalue weighted by Gasteiger charge is -2.07. The molecule has 0 saturated carbocycles. The highest BCUT2D eigenvalue weighted by Gasteiger charge is 2.09. The van der Waals surface area contributed by atoms with Gasteiger partial charge < -0.3 is 9.47 Å². The first kappa shape index (κ1) is 15.9. The Balaban J connectivity index is 1.99. The molecule has 0 aliphatic heterocycles. The van der Waals surface area contributed by atoms with Gasteiger partial charge in [-0.1, -0.05) is 6.07 Å². The number of nitrogens with zero attached hydrogens (tertiary/aromatic N) is 4. The molecular formula is C16H15N5O2S. The monoisotopic (exact) mass is 341 g/mol. The summed E-state index contributed by atoms with van der Waals surface area (Å²) < 4.78 is 12.4. The van der Waals surface area contributed by atoms with Crippen LogP contribution < -0.4 is 9.47 Å². The molecule has 7 nitrogen and oxygen atoms in total. The zero-order valence-electron chi connectivity index (χ0n) is 13.1. The number of hydrogen-bond acceptors (Lipinski definition) is 6. The van der Waals surface area contributed by atoms with Crippen molar-refractivity contribution in [3.05, 3.63) is 52.9 Å². The van der Waals surface area contributed by atoms with Crippen molar-refractivity contribution in [3.63, 3.8) is 0 Å². The van der Waals surface area contributed by atoms with E-state index >= 15 is 0 Å². The fourth-order valence-electron chi connectivity index (χ4n) is 2.10. The Kier molecular flexibility index (Phi) is 4.66. The SMILES string of the molecule is COc1ccc(C=Nn2c(-c3ccccn3)n[nH]c2=S)c(OC)c1. The number of benzene rings is 1. The van der Waals surface area contributed by atoms with Crippen LogP contribution in [0.3, 0.4) is 0 Å². The molecule has 1 N–H and O–H groups in total. The summed E-state index contributed by atoms with van der Waals surface area (Å²) in [7, 11) is 3.20. The third-order valence-electron chi connectivity index (χ3n) is 3.30. The third-order valence-corrected chi connectivity index (χ3v) is 3.56. The molecular weight excluding hydrogens is 326 g/mol. The van der Waals surface area contributed by atoms with Crippen molar-refractivity contribution in [1.29, 1.82) is 0 Å². The van der Waals surface area contributed by atoms with Crippen LogP contribution in [0.25, 0.3) is 11.5 Å². The minimum absolute atomic E-state index is 0.374. The molecule has 3 aromatic rings. The average Bonchev–Trinajstić information content (AvgIpc) is 3.01. The summed E-state index contributed by atoms with van der Waals surface area (Å²) in [5, 5.41) is 11.3. The van der Waals surface area contributed by atoms with Crippen molar-refractivity contribution in [2.75, 3.05) is 14.2 Å². The van der Waals surface area contributed by atoms with Gasteiger partial charge in [0.05, 0.1) is 20.4 Å². The molecule has 8 heteroatoms. The van der Waals surface area contributed by atoms with Crippen LogP contribution in [-0.4, -0.2) is 40.3 Å². The number of methoxy groups -OCH3 is 2. The van der Waals surface area contributed by atoms with Crippen molar-refractivity contribution in [2.24, 2.45) is 5.10 Å². The highest BCUT2D eigenvalue weighted by atomic mass is 32.1. The number of nitrogens with one attached hydrogen (secondary N) is 1. The highest BCUT2D eigenvalue weighted by Crippen LogP contribution is 2.23. The van der Waals surface area contributed by atoms with Gasteiger partial charge in [0.25, 0.3) is 0 Å². The van der Waals surface area contributed by atoms with E-state index in [1.165, 1.54) is 4.68 Å². The van der Waals surface area contributed by atoms with Crippen LogP contribution in [-0.2, 0) is 0 Å². The van der Waals surface area contributed by atoms with E-state index in [1.807, 2.05) is 30.3 Å². The zero-order chi connectivity index (χ0) is 16.9. The van der Waals surface area contributed by atoms with Gasteiger partial charge in [0.15, 0.2) is 0 Å². The van der Waals surface area contributed by atoms with E-state index in [2.05, 4.69) is 20.3 Å². The van der Waals surface area contributed by atoms with E-state index in [1.54, 1.807) is 32.7 Å². The molecule has 0 radical (unpaired) electrons. The van der Waals surface area contributed by atoms with E-state index in [-0.39, 0.29) is 0 Å². The Morgan fingerprint density at radius 1 is 1.21 bits per heavy atom. The number of hydrogen-bond donors (Lipinski definition) is 1. The summed E-state index contributed by atoms with van der Waals surface area (Å²) in [6.07, 6.45) is 3.34. The summed E-state index contributed by atoms with van der Waals surface area (Å²) in [5.74, 6) is 1.88. The second kappa shape index (κ2) is 7.05. The molecule has 0 atom stereocenters. The third kappa shape index (κ3) is 3.18. The first-order valence-electron chi connectivity index (χ1n) is 7.08. The predicted molar refractivity (Wildman–Crippen MR) is 93.2 cm³/mol. The van der Waals surface area contributed by atoms with Gasteiger partial charge in [0.2, 0.25) is 10.6 Å². The number of aromatic amines is 1. The van der Waals surface area contributed by atoms with E-state index in [4.69, 9.17) is 21.7 Å². The van der Waals surface area contributed by atoms with E-state index in [0.29, 0.717) is 27.8 Å². The molecule has 3 rings (SSSR count). The standard InChI is InChI=1S/C16H15N5O2S/c1-22-12-7-6-11(14(9-12)23-2)10-18-21-15(19-20-16(21)24)13-5-3-4-8-17-13/h3-10H,1-2H3,(H,20,24). The minimum atomic E-state index is 0.374. The van der Waals surface area contributed by atoms with Crippen molar-refractivity contribution < 1.29 is 9.47 Å². The number of ether oxygens (including phenoxy) is 2. The largest absolute Gasteiger partial charge is 0.497 e.